The van der Waals surface area contributed by atoms with Crippen molar-refractivity contribution < 1.29 is 0 Å². The van der Waals surface area contributed by atoms with Crippen molar-refractivity contribution in [2.75, 3.05) is 5.32 Å². The van der Waals surface area contributed by atoms with Gasteiger partial charge in [-0.25, -0.2) is 4.98 Å². The van der Waals surface area contributed by atoms with E-state index >= 15 is 0 Å². The van der Waals surface area contributed by atoms with Crippen LogP contribution in [-0.2, 0) is 0 Å². The number of anilines is 1. The number of para-hydroxylation sites is 3. The molecule has 0 radical (unpaired) electrons. The third-order valence-corrected chi connectivity index (χ3v) is 5.03. The molecular formula is C22H19N3. The van der Waals surface area contributed by atoms with E-state index in [4.69, 9.17) is 4.98 Å². The van der Waals surface area contributed by atoms with Gasteiger partial charge in [-0.3, -0.25) is 4.57 Å². The van der Waals surface area contributed by atoms with E-state index in [-0.39, 0.29) is 6.17 Å². The summed E-state index contributed by atoms with van der Waals surface area (Å²) in [5, 5.41) is 3.73. The first-order chi connectivity index (χ1) is 12.2. The van der Waals surface area contributed by atoms with E-state index in [0.717, 1.165) is 28.1 Å². The topological polar surface area (TPSA) is 29.9 Å². The smallest absolute Gasteiger partial charge is 0.145 e. The van der Waals surface area contributed by atoms with Gasteiger partial charge in [-0.05, 0) is 49.2 Å². The van der Waals surface area contributed by atoms with Gasteiger partial charge in [0.1, 0.15) is 12.0 Å². The number of hydrogen-bond donors (Lipinski definition) is 1. The predicted octanol–water partition coefficient (Wildman–Crippen LogP) is 5.29. The fourth-order valence-electron chi connectivity index (χ4n) is 3.86. The van der Waals surface area contributed by atoms with E-state index in [1.54, 1.807) is 0 Å². The van der Waals surface area contributed by atoms with Crippen LogP contribution in [0.25, 0.3) is 22.4 Å². The zero-order chi connectivity index (χ0) is 17.0. The summed E-state index contributed by atoms with van der Waals surface area (Å²) in [6, 6.07) is 23.4. The fourth-order valence-corrected chi connectivity index (χ4v) is 3.86. The lowest BCUT2D eigenvalue weighted by atomic mass is 10.0. The second-order valence-corrected chi connectivity index (χ2v) is 6.75. The van der Waals surface area contributed by atoms with Crippen LogP contribution in [0.2, 0.25) is 0 Å². The van der Waals surface area contributed by atoms with E-state index in [2.05, 4.69) is 84.4 Å². The molecule has 3 heteroatoms. The lowest BCUT2D eigenvalue weighted by Crippen LogP contribution is -2.25. The quantitative estimate of drug-likeness (QED) is 0.515. The number of fused-ring (bicyclic) bond motifs is 5. The third-order valence-electron chi connectivity index (χ3n) is 5.03. The van der Waals surface area contributed by atoms with Crippen LogP contribution >= 0.6 is 0 Å². The Bertz CT molecular complexity index is 1110. The first-order valence-corrected chi connectivity index (χ1v) is 8.62. The highest BCUT2D eigenvalue weighted by Crippen LogP contribution is 2.41. The van der Waals surface area contributed by atoms with Crippen molar-refractivity contribution in [1.82, 2.24) is 9.55 Å². The average molecular weight is 325 g/mol. The summed E-state index contributed by atoms with van der Waals surface area (Å²) < 4.78 is 2.33. The average Bonchev–Trinajstić information content (AvgIpc) is 3.01. The number of benzene rings is 3. The maximum atomic E-state index is 4.94. The summed E-state index contributed by atoms with van der Waals surface area (Å²) in [7, 11) is 0. The van der Waals surface area contributed by atoms with Crippen molar-refractivity contribution in [3.63, 3.8) is 0 Å². The van der Waals surface area contributed by atoms with Gasteiger partial charge in [-0.2, -0.15) is 0 Å². The van der Waals surface area contributed by atoms with Crippen LogP contribution in [0.15, 0.2) is 66.7 Å². The third kappa shape index (κ3) is 2.09. The molecule has 0 saturated heterocycles. The normalized spacial score (nSPS) is 15.5. The van der Waals surface area contributed by atoms with Crippen molar-refractivity contribution in [2.45, 2.75) is 20.0 Å². The second kappa shape index (κ2) is 5.21. The van der Waals surface area contributed by atoms with Crippen LogP contribution in [0.5, 0.6) is 0 Å². The summed E-state index contributed by atoms with van der Waals surface area (Å²) >= 11 is 0. The molecule has 0 amide bonds. The van der Waals surface area contributed by atoms with E-state index < -0.39 is 0 Å². The van der Waals surface area contributed by atoms with Crippen LogP contribution < -0.4 is 5.32 Å². The van der Waals surface area contributed by atoms with Gasteiger partial charge in [-0.15, -0.1) is 0 Å². The van der Waals surface area contributed by atoms with E-state index in [1.807, 2.05) is 6.07 Å². The maximum Gasteiger partial charge on any atom is 0.145 e. The molecule has 5 rings (SSSR count). The van der Waals surface area contributed by atoms with E-state index in [9.17, 15) is 0 Å². The Labute approximate surface area is 147 Å². The minimum Gasteiger partial charge on any atom is -0.361 e. The first-order valence-electron chi connectivity index (χ1n) is 8.62. The van der Waals surface area contributed by atoms with Crippen molar-refractivity contribution in [2.24, 2.45) is 0 Å². The van der Waals surface area contributed by atoms with Crippen molar-refractivity contribution >= 4 is 16.7 Å². The van der Waals surface area contributed by atoms with E-state index in [1.165, 1.54) is 16.7 Å². The molecule has 1 aromatic heterocycles. The highest BCUT2D eigenvalue weighted by Gasteiger charge is 2.28. The minimum absolute atomic E-state index is 0.0397. The van der Waals surface area contributed by atoms with Crippen molar-refractivity contribution in [1.29, 1.82) is 0 Å². The zero-order valence-electron chi connectivity index (χ0n) is 14.3. The molecular weight excluding hydrogens is 306 g/mol. The molecule has 1 N–H and O–H groups in total. The van der Waals surface area contributed by atoms with Crippen LogP contribution in [0, 0.1) is 13.8 Å². The standard InChI is InChI=1S/C22H19N3/c1-14-11-12-16(15(2)13-14)21-23-18-8-4-3-7-17(18)22-24-19-9-5-6-10-20(19)25(21)22/h3-13,21,23H,1-2H3/t21-/m0/s1. The Morgan fingerprint density at radius 2 is 1.72 bits per heavy atom. The Hall–Kier alpha value is -3.07. The molecule has 0 saturated carbocycles. The lowest BCUT2D eigenvalue weighted by molar-refractivity contribution is 0.665. The fraction of sp³-hybridized carbons (Fsp3) is 0.136. The van der Waals surface area contributed by atoms with Gasteiger partial charge in [-0.1, -0.05) is 48.0 Å². The summed E-state index contributed by atoms with van der Waals surface area (Å²) in [4.78, 5) is 4.94. The Balaban J connectivity index is 1.83. The van der Waals surface area contributed by atoms with Crippen LogP contribution in [0.3, 0.4) is 0 Å². The molecule has 2 heterocycles. The van der Waals surface area contributed by atoms with Crippen LogP contribution in [0.1, 0.15) is 22.9 Å². The van der Waals surface area contributed by atoms with Crippen molar-refractivity contribution in [3.05, 3.63) is 83.4 Å². The maximum absolute atomic E-state index is 4.94. The number of nitrogens with one attached hydrogen (secondary N) is 1. The monoisotopic (exact) mass is 325 g/mol. The van der Waals surface area contributed by atoms with Gasteiger partial charge in [0.25, 0.3) is 0 Å². The lowest BCUT2D eigenvalue weighted by Gasteiger charge is -2.31. The molecule has 0 aliphatic carbocycles. The van der Waals surface area contributed by atoms with E-state index in [0.29, 0.717) is 0 Å². The van der Waals surface area contributed by atoms with Gasteiger partial charge in [0, 0.05) is 11.3 Å². The predicted molar refractivity (Wildman–Crippen MR) is 103 cm³/mol. The molecule has 0 unspecified atom stereocenters. The van der Waals surface area contributed by atoms with Gasteiger partial charge >= 0.3 is 0 Å². The largest absolute Gasteiger partial charge is 0.361 e. The van der Waals surface area contributed by atoms with Crippen molar-refractivity contribution in [3.8, 4) is 11.4 Å². The minimum atomic E-state index is 0.0397. The number of nitrogens with zero attached hydrogens (tertiary/aromatic N) is 2. The number of aryl methyl sites for hydroxylation is 2. The second-order valence-electron chi connectivity index (χ2n) is 6.75. The molecule has 1 aliphatic heterocycles. The number of rotatable bonds is 1. The molecule has 3 nitrogen and oxygen atoms in total. The number of aromatic nitrogens is 2. The molecule has 3 aromatic carbocycles. The zero-order valence-corrected chi connectivity index (χ0v) is 14.3. The SMILES string of the molecule is Cc1ccc([C@H]2Nc3ccccc3-c3nc4ccccc4n32)c(C)c1. The van der Waals surface area contributed by atoms with Crippen LogP contribution in [0.4, 0.5) is 5.69 Å². The first kappa shape index (κ1) is 14.3. The molecule has 0 spiro atoms. The van der Waals surface area contributed by atoms with Crippen LogP contribution in [-0.4, -0.2) is 9.55 Å². The van der Waals surface area contributed by atoms with Gasteiger partial charge in [0.05, 0.1) is 11.0 Å². The Morgan fingerprint density at radius 3 is 2.60 bits per heavy atom. The number of imidazole rings is 1. The van der Waals surface area contributed by atoms with Gasteiger partial charge < -0.3 is 5.32 Å². The molecule has 0 fully saturated rings. The number of hydrogen-bond acceptors (Lipinski definition) is 2. The van der Waals surface area contributed by atoms with Gasteiger partial charge in [0.15, 0.2) is 0 Å². The Kier molecular flexibility index (Phi) is 2.98. The molecule has 1 aliphatic rings. The summed E-state index contributed by atoms with van der Waals surface area (Å²) in [6.07, 6.45) is 0.0397. The summed E-state index contributed by atoms with van der Waals surface area (Å²) in [5.41, 5.74) is 8.34. The molecule has 4 aromatic rings. The molecule has 25 heavy (non-hydrogen) atoms. The highest BCUT2D eigenvalue weighted by molar-refractivity contribution is 5.86. The molecule has 122 valence electrons. The summed E-state index contributed by atoms with van der Waals surface area (Å²) in [6.45, 7) is 4.32. The highest BCUT2D eigenvalue weighted by atomic mass is 15.2. The Morgan fingerprint density at radius 1 is 0.920 bits per heavy atom. The molecule has 0 bridgehead atoms. The van der Waals surface area contributed by atoms with Gasteiger partial charge in [0.2, 0.25) is 0 Å². The molecule has 1 atom stereocenters. The summed E-state index contributed by atoms with van der Waals surface area (Å²) in [5.74, 6) is 1.03.